The number of benzene rings is 1. The van der Waals surface area contributed by atoms with Gasteiger partial charge >= 0.3 is 0 Å². The summed E-state index contributed by atoms with van der Waals surface area (Å²) in [5, 5.41) is 9.44. The Bertz CT molecular complexity index is 564. The number of hydrogen-bond donors (Lipinski definition) is 1. The molecule has 2 aliphatic rings. The third-order valence-corrected chi connectivity index (χ3v) is 5.21. The lowest BCUT2D eigenvalue weighted by molar-refractivity contribution is 0.0725. The van der Waals surface area contributed by atoms with Gasteiger partial charge in [0.25, 0.3) is 5.91 Å². The van der Waals surface area contributed by atoms with Gasteiger partial charge in [0.05, 0.1) is 5.56 Å². The largest absolute Gasteiger partial charge is 0.505 e. The molecule has 0 bridgehead atoms. The lowest BCUT2D eigenvalue weighted by Crippen LogP contribution is -2.32. The Morgan fingerprint density at radius 3 is 2.59 bits per heavy atom. The number of phenolic OH excluding ortho intramolecular Hbond substituents is 1. The first-order valence-electron chi connectivity index (χ1n) is 8.39. The van der Waals surface area contributed by atoms with E-state index in [-0.39, 0.29) is 11.5 Å². The van der Waals surface area contributed by atoms with Crippen molar-refractivity contribution in [3.05, 3.63) is 29.1 Å². The van der Waals surface area contributed by atoms with Gasteiger partial charge in [-0.1, -0.05) is 38.7 Å². The summed E-state index contributed by atoms with van der Waals surface area (Å²) in [6.45, 7) is 3.42. The van der Waals surface area contributed by atoms with Crippen LogP contribution in [0, 0.1) is 17.7 Å². The van der Waals surface area contributed by atoms with Crippen LogP contribution in [-0.2, 0) is 6.54 Å². The normalized spacial score (nSPS) is 24.6. The van der Waals surface area contributed by atoms with Crippen LogP contribution in [0.5, 0.6) is 5.75 Å². The summed E-state index contributed by atoms with van der Waals surface area (Å²) in [6.07, 6.45) is 7.39. The van der Waals surface area contributed by atoms with Gasteiger partial charge in [0, 0.05) is 13.1 Å². The molecule has 1 heterocycles. The highest BCUT2D eigenvalue weighted by Gasteiger charge is 2.33. The zero-order valence-electron chi connectivity index (χ0n) is 13.1. The third-order valence-electron chi connectivity index (χ3n) is 5.21. The predicted octanol–water partition coefficient (Wildman–Crippen LogP) is 4.09. The van der Waals surface area contributed by atoms with E-state index in [1.54, 1.807) is 11.0 Å². The minimum absolute atomic E-state index is 0.0691. The Morgan fingerprint density at radius 2 is 1.91 bits per heavy atom. The maximum atomic E-state index is 13.9. The van der Waals surface area contributed by atoms with Gasteiger partial charge in [0.1, 0.15) is 0 Å². The highest BCUT2D eigenvalue weighted by atomic mass is 19.1. The van der Waals surface area contributed by atoms with Crippen LogP contribution < -0.4 is 0 Å². The van der Waals surface area contributed by atoms with Crippen LogP contribution in [0.15, 0.2) is 12.1 Å². The second kappa shape index (κ2) is 6.27. The molecule has 1 saturated carbocycles. The van der Waals surface area contributed by atoms with Crippen LogP contribution in [0.2, 0.25) is 0 Å². The zero-order chi connectivity index (χ0) is 15.7. The lowest BCUT2D eigenvalue weighted by Gasteiger charge is -2.31. The molecule has 0 spiro atoms. The minimum Gasteiger partial charge on any atom is -0.505 e. The average molecular weight is 305 g/mol. The van der Waals surface area contributed by atoms with Crippen molar-refractivity contribution < 1.29 is 14.3 Å². The average Bonchev–Trinajstić information content (AvgIpc) is 2.82. The second-order valence-electron chi connectivity index (χ2n) is 6.79. The van der Waals surface area contributed by atoms with E-state index >= 15 is 0 Å². The maximum Gasteiger partial charge on any atom is 0.257 e. The molecule has 3 rings (SSSR count). The van der Waals surface area contributed by atoms with Crippen LogP contribution in [0.4, 0.5) is 4.39 Å². The summed E-state index contributed by atoms with van der Waals surface area (Å²) in [6, 6.07) is 2.99. The molecule has 1 aliphatic carbocycles. The molecule has 1 fully saturated rings. The maximum absolute atomic E-state index is 13.9. The Labute approximate surface area is 131 Å². The second-order valence-corrected chi connectivity index (χ2v) is 6.79. The standard InChI is InChI=1S/C18H24FNO2/c1-2-3-12-4-6-13(7-5-12)10-20-11-14-8-9-15(21)17(19)16(14)18(20)22/h8-9,12-13,21H,2-7,10-11H2,1H3/t12-,13-. The Morgan fingerprint density at radius 1 is 1.23 bits per heavy atom. The van der Waals surface area contributed by atoms with Crippen LogP contribution >= 0.6 is 0 Å². The van der Waals surface area contributed by atoms with Gasteiger partial charge in [-0.25, -0.2) is 4.39 Å². The van der Waals surface area contributed by atoms with E-state index in [4.69, 9.17) is 0 Å². The smallest absolute Gasteiger partial charge is 0.257 e. The number of hydrogen-bond acceptors (Lipinski definition) is 2. The molecule has 1 aliphatic heterocycles. The predicted molar refractivity (Wildman–Crippen MR) is 83.2 cm³/mol. The van der Waals surface area contributed by atoms with Crippen LogP contribution in [-0.4, -0.2) is 22.5 Å². The first-order chi connectivity index (χ1) is 10.6. The number of carbonyl (C=O) groups is 1. The number of halogens is 1. The van der Waals surface area contributed by atoms with E-state index in [9.17, 15) is 14.3 Å². The van der Waals surface area contributed by atoms with Gasteiger partial charge in [0.2, 0.25) is 0 Å². The highest BCUT2D eigenvalue weighted by Crippen LogP contribution is 2.35. The number of rotatable bonds is 4. The molecular weight excluding hydrogens is 281 g/mol. The van der Waals surface area contributed by atoms with Crippen molar-refractivity contribution in [3.63, 3.8) is 0 Å². The molecule has 0 saturated heterocycles. The van der Waals surface area contributed by atoms with Crippen molar-refractivity contribution in [2.24, 2.45) is 11.8 Å². The van der Waals surface area contributed by atoms with Crippen LogP contribution in [0.25, 0.3) is 0 Å². The van der Waals surface area contributed by atoms with Crippen molar-refractivity contribution in [3.8, 4) is 5.75 Å². The van der Waals surface area contributed by atoms with Crippen molar-refractivity contribution in [1.82, 2.24) is 4.90 Å². The number of phenols is 1. The molecule has 1 aromatic carbocycles. The molecule has 3 nitrogen and oxygen atoms in total. The summed E-state index contributed by atoms with van der Waals surface area (Å²) in [5.74, 6) is -0.0881. The summed E-state index contributed by atoms with van der Waals surface area (Å²) in [7, 11) is 0. The van der Waals surface area contributed by atoms with Gasteiger partial charge < -0.3 is 10.0 Å². The van der Waals surface area contributed by atoms with E-state index in [0.29, 0.717) is 24.6 Å². The van der Waals surface area contributed by atoms with Crippen molar-refractivity contribution >= 4 is 5.91 Å². The molecule has 0 radical (unpaired) electrons. The lowest BCUT2D eigenvalue weighted by atomic mass is 9.80. The van der Waals surface area contributed by atoms with E-state index in [1.807, 2.05) is 0 Å². The third kappa shape index (κ3) is 2.83. The fourth-order valence-corrected chi connectivity index (χ4v) is 3.97. The zero-order valence-corrected chi connectivity index (χ0v) is 13.1. The quantitative estimate of drug-likeness (QED) is 0.910. The molecule has 1 aromatic rings. The Balaban J connectivity index is 1.62. The molecule has 0 atom stereocenters. The van der Waals surface area contributed by atoms with E-state index in [2.05, 4.69) is 6.92 Å². The van der Waals surface area contributed by atoms with E-state index in [1.165, 1.54) is 44.6 Å². The fourth-order valence-electron chi connectivity index (χ4n) is 3.97. The summed E-state index contributed by atoms with van der Waals surface area (Å²) >= 11 is 0. The Kier molecular flexibility index (Phi) is 4.37. The highest BCUT2D eigenvalue weighted by molar-refractivity contribution is 5.99. The molecule has 0 aromatic heterocycles. The first kappa shape index (κ1) is 15.3. The van der Waals surface area contributed by atoms with Gasteiger partial charge in [-0.2, -0.15) is 0 Å². The molecule has 22 heavy (non-hydrogen) atoms. The molecule has 1 amide bonds. The van der Waals surface area contributed by atoms with Crippen molar-refractivity contribution in [2.75, 3.05) is 6.54 Å². The molecule has 1 N–H and O–H groups in total. The number of nitrogens with zero attached hydrogens (tertiary/aromatic N) is 1. The summed E-state index contributed by atoms with van der Waals surface area (Å²) < 4.78 is 13.9. The van der Waals surface area contributed by atoms with Gasteiger partial charge in [-0.05, 0) is 36.3 Å². The van der Waals surface area contributed by atoms with E-state index in [0.717, 1.165) is 5.92 Å². The summed E-state index contributed by atoms with van der Waals surface area (Å²) in [5.41, 5.74) is 0.764. The first-order valence-corrected chi connectivity index (χ1v) is 8.39. The van der Waals surface area contributed by atoms with Gasteiger partial charge in [-0.15, -0.1) is 0 Å². The van der Waals surface area contributed by atoms with Crippen LogP contribution in [0.3, 0.4) is 0 Å². The Hall–Kier alpha value is -1.58. The number of amides is 1. The van der Waals surface area contributed by atoms with Crippen LogP contribution in [0.1, 0.15) is 61.4 Å². The number of carbonyl (C=O) groups excluding carboxylic acids is 1. The van der Waals surface area contributed by atoms with Crippen molar-refractivity contribution in [2.45, 2.75) is 52.0 Å². The molecule has 4 heteroatoms. The minimum atomic E-state index is -0.767. The summed E-state index contributed by atoms with van der Waals surface area (Å²) in [4.78, 5) is 14.1. The van der Waals surface area contributed by atoms with E-state index < -0.39 is 11.6 Å². The monoisotopic (exact) mass is 305 g/mol. The molecule has 120 valence electrons. The van der Waals surface area contributed by atoms with Crippen molar-refractivity contribution in [1.29, 1.82) is 0 Å². The molecule has 0 unspecified atom stereocenters. The van der Waals surface area contributed by atoms with Gasteiger partial charge in [-0.3, -0.25) is 4.79 Å². The number of aromatic hydroxyl groups is 1. The van der Waals surface area contributed by atoms with Gasteiger partial charge in [0.15, 0.2) is 11.6 Å². The fraction of sp³-hybridized carbons (Fsp3) is 0.611. The SMILES string of the molecule is CCC[C@H]1CC[C@H](CN2Cc3ccc(O)c(F)c3C2=O)CC1. The number of fused-ring (bicyclic) bond motifs is 1. The topological polar surface area (TPSA) is 40.5 Å². The molecular formula is C18H24FNO2.